The number of primary amides is 1. The highest BCUT2D eigenvalue weighted by Gasteiger charge is 2.05. The van der Waals surface area contributed by atoms with Gasteiger partial charge < -0.3 is 22.1 Å². The summed E-state index contributed by atoms with van der Waals surface area (Å²) in [5, 5.41) is 7.70. The lowest BCUT2D eigenvalue weighted by molar-refractivity contribution is 0.249. The number of aryl methyl sites for hydroxylation is 1. The number of nitrogen functional groups attached to an aromatic ring is 1. The molecule has 100 valence electrons. The van der Waals surface area contributed by atoms with Crippen LogP contribution >= 0.6 is 0 Å². The summed E-state index contributed by atoms with van der Waals surface area (Å²) in [7, 11) is 0. The number of hydrogen-bond donors (Lipinski definition) is 4. The molecule has 0 bridgehead atoms. The Labute approximate surface area is 111 Å². The van der Waals surface area contributed by atoms with Crippen LogP contribution in [0.25, 0.3) is 10.8 Å². The van der Waals surface area contributed by atoms with Crippen LogP contribution in [-0.4, -0.2) is 24.1 Å². The lowest BCUT2D eigenvalue weighted by atomic mass is 10.1. The van der Waals surface area contributed by atoms with E-state index in [0.717, 1.165) is 22.2 Å². The van der Waals surface area contributed by atoms with Crippen LogP contribution in [-0.2, 0) is 0 Å². The van der Waals surface area contributed by atoms with E-state index < -0.39 is 6.03 Å². The summed E-state index contributed by atoms with van der Waals surface area (Å²) in [6, 6.07) is 5.21. The van der Waals surface area contributed by atoms with Gasteiger partial charge in [0.15, 0.2) is 0 Å². The van der Waals surface area contributed by atoms with E-state index >= 15 is 0 Å². The Hall–Kier alpha value is -2.50. The van der Waals surface area contributed by atoms with Crippen LogP contribution in [0.4, 0.5) is 16.2 Å². The van der Waals surface area contributed by atoms with Crippen LogP contribution in [0.3, 0.4) is 0 Å². The third kappa shape index (κ3) is 3.04. The molecule has 0 saturated heterocycles. The van der Waals surface area contributed by atoms with Crippen molar-refractivity contribution in [3.05, 3.63) is 30.1 Å². The van der Waals surface area contributed by atoms with Crippen molar-refractivity contribution < 1.29 is 4.79 Å². The zero-order chi connectivity index (χ0) is 13.8. The fourth-order valence-electron chi connectivity index (χ4n) is 1.90. The molecule has 0 spiro atoms. The Morgan fingerprint density at radius 3 is 2.84 bits per heavy atom. The van der Waals surface area contributed by atoms with Crippen molar-refractivity contribution in [3.63, 3.8) is 0 Å². The van der Waals surface area contributed by atoms with Crippen LogP contribution in [0.15, 0.2) is 24.4 Å². The summed E-state index contributed by atoms with van der Waals surface area (Å²) in [6.45, 7) is 2.98. The second-order valence-electron chi connectivity index (χ2n) is 4.29. The standard InChI is InChI=1S/C13H17N5O/c1-8-6-9-10(7-18-8)11(14)2-3-12(9)16-4-5-17-13(15)19/h2-3,6-7,16H,4-5,14H2,1H3,(H3,15,17,19). The zero-order valence-electron chi connectivity index (χ0n) is 10.7. The van der Waals surface area contributed by atoms with Crippen molar-refractivity contribution in [1.29, 1.82) is 0 Å². The fourth-order valence-corrected chi connectivity index (χ4v) is 1.90. The number of hydrogen-bond acceptors (Lipinski definition) is 4. The van der Waals surface area contributed by atoms with Gasteiger partial charge in [0, 0.05) is 47.1 Å². The number of nitrogens with one attached hydrogen (secondary N) is 2. The van der Waals surface area contributed by atoms with Crippen molar-refractivity contribution >= 4 is 28.2 Å². The van der Waals surface area contributed by atoms with Crippen LogP contribution in [0.2, 0.25) is 0 Å². The molecule has 0 fully saturated rings. The smallest absolute Gasteiger partial charge is 0.312 e. The number of anilines is 2. The lowest BCUT2D eigenvalue weighted by Crippen LogP contribution is -2.33. The van der Waals surface area contributed by atoms with Crippen molar-refractivity contribution in [3.8, 4) is 0 Å². The van der Waals surface area contributed by atoms with Crippen molar-refractivity contribution in [1.82, 2.24) is 10.3 Å². The molecular weight excluding hydrogens is 242 g/mol. The first-order valence-corrected chi connectivity index (χ1v) is 6.00. The van der Waals surface area contributed by atoms with E-state index in [-0.39, 0.29) is 0 Å². The number of pyridine rings is 1. The van der Waals surface area contributed by atoms with Gasteiger partial charge in [-0.25, -0.2) is 4.79 Å². The molecule has 0 aliphatic heterocycles. The number of urea groups is 1. The molecule has 0 unspecified atom stereocenters. The number of benzene rings is 1. The number of carbonyl (C=O) groups is 1. The van der Waals surface area contributed by atoms with Gasteiger partial charge in [-0.3, -0.25) is 4.98 Å². The molecule has 6 N–H and O–H groups in total. The highest BCUT2D eigenvalue weighted by atomic mass is 16.2. The Morgan fingerprint density at radius 1 is 1.32 bits per heavy atom. The molecule has 0 aliphatic rings. The first kappa shape index (κ1) is 12.9. The number of carbonyl (C=O) groups excluding carboxylic acids is 1. The number of aromatic nitrogens is 1. The number of nitrogens with zero attached hydrogens (tertiary/aromatic N) is 1. The summed E-state index contributed by atoms with van der Waals surface area (Å²) < 4.78 is 0. The molecule has 0 atom stereocenters. The fraction of sp³-hybridized carbons (Fsp3) is 0.231. The van der Waals surface area contributed by atoms with Gasteiger partial charge in [0.1, 0.15) is 0 Å². The minimum atomic E-state index is -0.524. The molecule has 6 nitrogen and oxygen atoms in total. The van der Waals surface area contributed by atoms with Gasteiger partial charge in [-0.1, -0.05) is 0 Å². The van der Waals surface area contributed by atoms with E-state index in [9.17, 15) is 4.79 Å². The van der Waals surface area contributed by atoms with E-state index in [0.29, 0.717) is 18.8 Å². The second kappa shape index (κ2) is 5.43. The van der Waals surface area contributed by atoms with Crippen LogP contribution in [0.5, 0.6) is 0 Å². The Morgan fingerprint density at radius 2 is 2.11 bits per heavy atom. The normalized spacial score (nSPS) is 10.4. The Balaban J connectivity index is 2.21. The van der Waals surface area contributed by atoms with Gasteiger partial charge in [-0.2, -0.15) is 0 Å². The number of amides is 2. The highest BCUT2D eigenvalue weighted by molar-refractivity contribution is 6.00. The molecular formula is C13H17N5O. The lowest BCUT2D eigenvalue weighted by Gasteiger charge is -2.11. The third-order valence-corrected chi connectivity index (χ3v) is 2.81. The summed E-state index contributed by atoms with van der Waals surface area (Å²) in [6.07, 6.45) is 1.77. The predicted molar refractivity (Wildman–Crippen MR) is 77.0 cm³/mol. The second-order valence-corrected chi connectivity index (χ2v) is 4.29. The largest absolute Gasteiger partial charge is 0.398 e. The monoisotopic (exact) mass is 259 g/mol. The summed E-state index contributed by atoms with van der Waals surface area (Å²) >= 11 is 0. The highest BCUT2D eigenvalue weighted by Crippen LogP contribution is 2.28. The molecule has 0 saturated carbocycles. The Kier molecular flexibility index (Phi) is 3.70. The van der Waals surface area contributed by atoms with Gasteiger partial charge in [0.05, 0.1) is 0 Å². The van der Waals surface area contributed by atoms with Crippen LogP contribution in [0, 0.1) is 6.92 Å². The summed E-state index contributed by atoms with van der Waals surface area (Å²) in [5.74, 6) is 0. The number of fused-ring (bicyclic) bond motifs is 1. The van der Waals surface area contributed by atoms with Gasteiger partial charge >= 0.3 is 6.03 Å². The maximum Gasteiger partial charge on any atom is 0.312 e. The van der Waals surface area contributed by atoms with E-state index in [2.05, 4.69) is 15.6 Å². The minimum Gasteiger partial charge on any atom is -0.398 e. The topological polar surface area (TPSA) is 106 Å². The molecule has 1 heterocycles. The van der Waals surface area contributed by atoms with Crippen molar-refractivity contribution in [2.45, 2.75) is 6.92 Å². The quantitative estimate of drug-likeness (QED) is 0.489. The number of nitrogens with two attached hydrogens (primary N) is 2. The van der Waals surface area contributed by atoms with Gasteiger partial charge in [-0.05, 0) is 25.1 Å². The summed E-state index contributed by atoms with van der Waals surface area (Å²) in [4.78, 5) is 14.8. The van der Waals surface area contributed by atoms with Gasteiger partial charge in [0.2, 0.25) is 0 Å². The van der Waals surface area contributed by atoms with E-state index in [4.69, 9.17) is 11.5 Å². The maximum absolute atomic E-state index is 10.6. The van der Waals surface area contributed by atoms with Crippen molar-refractivity contribution in [2.75, 3.05) is 24.1 Å². The van der Waals surface area contributed by atoms with Gasteiger partial charge in [0.25, 0.3) is 0 Å². The molecule has 0 radical (unpaired) electrons. The number of rotatable bonds is 4. The maximum atomic E-state index is 10.6. The molecule has 1 aromatic carbocycles. The summed E-state index contributed by atoms with van der Waals surface area (Å²) in [5.41, 5.74) is 13.5. The SMILES string of the molecule is Cc1cc2c(NCCNC(N)=O)ccc(N)c2cn1. The zero-order valence-corrected chi connectivity index (χ0v) is 10.7. The van der Waals surface area contributed by atoms with Crippen LogP contribution < -0.4 is 22.1 Å². The molecule has 2 rings (SSSR count). The average molecular weight is 259 g/mol. The molecule has 6 heteroatoms. The third-order valence-electron chi connectivity index (χ3n) is 2.81. The Bertz CT molecular complexity index is 611. The van der Waals surface area contributed by atoms with E-state index in [1.165, 1.54) is 0 Å². The van der Waals surface area contributed by atoms with Crippen molar-refractivity contribution in [2.24, 2.45) is 5.73 Å². The molecule has 2 amide bonds. The van der Waals surface area contributed by atoms with Gasteiger partial charge in [-0.15, -0.1) is 0 Å². The molecule has 1 aromatic heterocycles. The first-order chi connectivity index (χ1) is 9.08. The minimum absolute atomic E-state index is 0.464. The van der Waals surface area contributed by atoms with Crippen LogP contribution in [0.1, 0.15) is 5.69 Å². The first-order valence-electron chi connectivity index (χ1n) is 6.00. The molecule has 0 aliphatic carbocycles. The average Bonchev–Trinajstić information content (AvgIpc) is 2.36. The predicted octanol–water partition coefficient (Wildman–Crippen LogP) is 1.21. The van der Waals surface area contributed by atoms with E-state index in [1.807, 2.05) is 25.1 Å². The molecule has 2 aromatic rings. The molecule has 19 heavy (non-hydrogen) atoms. The van der Waals surface area contributed by atoms with E-state index in [1.54, 1.807) is 6.20 Å².